The predicted molar refractivity (Wildman–Crippen MR) is 152 cm³/mol. The molecule has 2 amide bonds. The van der Waals surface area contributed by atoms with Crippen molar-refractivity contribution in [3.05, 3.63) is 29.8 Å². The summed E-state index contributed by atoms with van der Waals surface area (Å²) >= 11 is 3.92. The molecule has 0 radical (unpaired) electrons. The fourth-order valence-electron chi connectivity index (χ4n) is 2.75. The molecule has 0 unspecified atom stereocenters. The third-order valence-electron chi connectivity index (χ3n) is 4.93. The topological polar surface area (TPSA) is 108 Å². The lowest BCUT2D eigenvalue weighted by atomic mass is 10.0. The van der Waals surface area contributed by atoms with Crippen LogP contribution in [0.25, 0.3) is 0 Å². The van der Waals surface area contributed by atoms with Gasteiger partial charge in [-0.25, -0.2) is 9.59 Å². The number of benzene rings is 1. The molecule has 0 N–H and O–H groups in total. The van der Waals surface area contributed by atoms with Crippen molar-refractivity contribution in [3.63, 3.8) is 0 Å². The summed E-state index contributed by atoms with van der Waals surface area (Å²) in [6.45, 7) is 15.0. The Balaban J connectivity index is 0.000000709. The van der Waals surface area contributed by atoms with Crippen molar-refractivity contribution in [1.29, 1.82) is 0 Å². The first kappa shape index (κ1) is 35.8. The molecule has 1 saturated heterocycles. The van der Waals surface area contributed by atoms with Crippen molar-refractivity contribution in [3.8, 4) is 5.75 Å². The number of hydrogen-bond donors (Lipinski definition) is 1. The molecule has 0 spiro atoms. The maximum atomic E-state index is 11.7. The Morgan fingerprint density at radius 2 is 1.63 bits per heavy atom. The summed E-state index contributed by atoms with van der Waals surface area (Å²) in [6.07, 6.45) is 1.07. The van der Waals surface area contributed by atoms with Crippen molar-refractivity contribution in [2.45, 2.75) is 86.2 Å². The molecule has 0 bridgehead atoms. The monoisotopic (exact) mass is 573 g/mol. The molecule has 1 aromatic carbocycles. The van der Waals surface area contributed by atoms with Gasteiger partial charge in [0, 0.05) is 25.2 Å². The highest BCUT2D eigenvalue weighted by Gasteiger charge is 2.33. The van der Waals surface area contributed by atoms with Crippen LogP contribution in [0.3, 0.4) is 0 Å². The number of imide groups is 1. The van der Waals surface area contributed by atoms with Gasteiger partial charge in [0.15, 0.2) is 0 Å². The van der Waals surface area contributed by atoms with E-state index in [1.165, 1.54) is 10.8 Å². The first-order valence-electron chi connectivity index (χ1n) is 12.8. The third kappa shape index (κ3) is 16.6. The van der Waals surface area contributed by atoms with E-state index in [9.17, 15) is 19.2 Å². The standard InChI is InChI=1S/C15H25NO5.C10H12O3S2.C2H6/c1-11(2)8-10-20-15(3,4)9-7-14(19)21-16-12(17)5-6-13(16)18;1-8-2-4-9(5-3-8)13-10(11)12-6-7-15-14;1-2/h11H,5-10H2,1-4H3;2-5,14H,6-7H2,1H3;1-2H3. The minimum Gasteiger partial charge on any atom is -0.433 e. The summed E-state index contributed by atoms with van der Waals surface area (Å²) in [5, 5.41) is 0.578. The molecular formula is C27H43NO8S2. The molecule has 11 heteroatoms. The largest absolute Gasteiger partial charge is 0.513 e. The summed E-state index contributed by atoms with van der Waals surface area (Å²) in [5.41, 5.74) is 0.676. The van der Waals surface area contributed by atoms with Gasteiger partial charge in [-0.1, -0.05) is 56.2 Å². The van der Waals surface area contributed by atoms with Gasteiger partial charge >= 0.3 is 12.1 Å². The van der Waals surface area contributed by atoms with E-state index in [4.69, 9.17) is 19.0 Å². The SMILES string of the molecule is CC.CC(C)CCOC(C)(C)CCC(=O)ON1C(=O)CCC1=O.Cc1ccc(OC(=O)OCCSS)cc1. The minimum absolute atomic E-state index is 0.103. The fourth-order valence-corrected chi connectivity index (χ4v) is 3.13. The van der Waals surface area contributed by atoms with Crippen LogP contribution in [-0.2, 0) is 28.7 Å². The van der Waals surface area contributed by atoms with Crippen molar-refractivity contribution in [2.75, 3.05) is 19.0 Å². The summed E-state index contributed by atoms with van der Waals surface area (Å²) in [6, 6.07) is 7.19. The van der Waals surface area contributed by atoms with Crippen LogP contribution in [0.15, 0.2) is 24.3 Å². The van der Waals surface area contributed by atoms with Gasteiger partial charge in [-0.05, 0) is 51.7 Å². The number of ether oxygens (including phenoxy) is 3. The first-order chi connectivity index (χ1) is 17.9. The van der Waals surface area contributed by atoms with E-state index in [0.717, 1.165) is 12.0 Å². The van der Waals surface area contributed by atoms with Crippen molar-refractivity contribution >= 4 is 46.4 Å². The average molecular weight is 574 g/mol. The fraction of sp³-hybridized carbons (Fsp3) is 0.630. The zero-order valence-electron chi connectivity index (χ0n) is 23.6. The van der Waals surface area contributed by atoms with Gasteiger partial charge in [-0.15, -0.1) is 16.7 Å². The van der Waals surface area contributed by atoms with E-state index >= 15 is 0 Å². The lowest BCUT2D eigenvalue weighted by Crippen LogP contribution is -2.33. The summed E-state index contributed by atoms with van der Waals surface area (Å²) in [4.78, 5) is 50.3. The number of carbonyl (C=O) groups is 4. The molecule has 2 rings (SSSR count). The Morgan fingerprint density at radius 3 is 2.16 bits per heavy atom. The van der Waals surface area contributed by atoms with Crippen LogP contribution in [0.5, 0.6) is 5.75 Å². The van der Waals surface area contributed by atoms with E-state index in [1.54, 1.807) is 12.1 Å². The lowest BCUT2D eigenvalue weighted by molar-refractivity contribution is -0.198. The number of amides is 2. The number of rotatable bonds is 12. The number of carbonyl (C=O) groups excluding carboxylic acids is 4. The van der Waals surface area contributed by atoms with E-state index < -0.39 is 29.5 Å². The molecule has 0 saturated carbocycles. The number of hydrogen-bond acceptors (Lipinski definition) is 10. The predicted octanol–water partition coefficient (Wildman–Crippen LogP) is 6.33. The van der Waals surface area contributed by atoms with Crippen molar-refractivity contribution in [1.82, 2.24) is 5.06 Å². The van der Waals surface area contributed by atoms with Crippen LogP contribution in [-0.4, -0.2) is 53.6 Å². The Labute approximate surface area is 236 Å². The molecule has 1 heterocycles. The molecule has 0 aromatic heterocycles. The number of nitrogens with zero attached hydrogens (tertiary/aromatic N) is 1. The highest BCUT2D eigenvalue weighted by molar-refractivity contribution is 8.68. The van der Waals surface area contributed by atoms with E-state index in [2.05, 4.69) is 25.5 Å². The van der Waals surface area contributed by atoms with Crippen LogP contribution in [0.4, 0.5) is 4.79 Å². The van der Waals surface area contributed by atoms with Gasteiger partial charge in [0.05, 0.1) is 12.0 Å². The molecule has 0 aliphatic carbocycles. The maximum Gasteiger partial charge on any atom is 0.513 e. The maximum absolute atomic E-state index is 11.7. The highest BCUT2D eigenvalue weighted by Crippen LogP contribution is 2.20. The van der Waals surface area contributed by atoms with E-state index in [1.807, 2.05) is 46.8 Å². The quantitative estimate of drug-likeness (QED) is 0.0766. The van der Waals surface area contributed by atoms with Crippen LogP contribution >= 0.6 is 22.5 Å². The summed E-state index contributed by atoms with van der Waals surface area (Å²) in [5.74, 6) is 0.203. The second kappa shape index (κ2) is 19.8. The first-order valence-corrected chi connectivity index (χ1v) is 14.9. The van der Waals surface area contributed by atoms with Gasteiger partial charge in [0.2, 0.25) is 0 Å². The highest BCUT2D eigenvalue weighted by atomic mass is 33.1. The molecule has 38 heavy (non-hydrogen) atoms. The van der Waals surface area contributed by atoms with Crippen molar-refractivity contribution in [2.24, 2.45) is 5.92 Å². The molecule has 1 aliphatic heterocycles. The van der Waals surface area contributed by atoms with Crippen LogP contribution in [0.1, 0.15) is 79.2 Å². The third-order valence-corrected chi connectivity index (χ3v) is 5.83. The zero-order chi connectivity index (χ0) is 29.1. The molecular weight excluding hydrogens is 530 g/mol. The molecule has 9 nitrogen and oxygen atoms in total. The minimum atomic E-state index is -0.679. The Bertz CT molecular complexity index is 843. The number of thiol groups is 1. The van der Waals surface area contributed by atoms with Gasteiger partial charge in [0.25, 0.3) is 11.8 Å². The van der Waals surface area contributed by atoms with Crippen LogP contribution in [0.2, 0.25) is 0 Å². The van der Waals surface area contributed by atoms with E-state index in [-0.39, 0.29) is 19.3 Å². The van der Waals surface area contributed by atoms with Gasteiger partial charge < -0.3 is 19.0 Å². The Hall–Kier alpha value is -2.24. The number of hydroxylamine groups is 2. The Morgan fingerprint density at radius 1 is 1.05 bits per heavy atom. The van der Waals surface area contributed by atoms with Gasteiger partial charge in [-0.2, -0.15) is 0 Å². The smallest absolute Gasteiger partial charge is 0.433 e. The average Bonchev–Trinajstić information content (AvgIpc) is 3.18. The summed E-state index contributed by atoms with van der Waals surface area (Å²) < 4.78 is 15.5. The van der Waals surface area contributed by atoms with Crippen LogP contribution in [0, 0.1) is 12.8 Å². The second-order valence-electron chi connectivity index (χ2n) is 9.18. The van der Waals surface area contributed by atoms with Gasteiger partial charge in [0.1, 0.15) is 12.4 Å². The molecule has 216 valence electrons. The van der Waals surface area contributed by atoms with E-state index in [0.29, 0.717) is 42.1 Å². The van der Waals surface area contributed by atoms with Gasteiger partial charge in [-0.3, -0.25) is 9.59 Å². The molecule has 1 aromatic rings. The molecule has 1 fully saturated rings. The molecule has 1 aliphatic rings. The van der Waals surface area contributed by atoms with Crippen LogP contribution < -0.4 is 4.74 Å². The Kier molecular flexibility index (Phi) is 18.6. The molecule has 0 atom stereocenters. The lowest BCUT2D eigenvalue weighted by Gasteiger charge is -2.25. The zero-order valence-corrected chi connectivity index (χ0v) is 25.3. The van der Waals surface area contributed by atoms with Crippen molar-refractivity contribution < 1.29 is 38.2 Å². The second-order valence-corrected chi connectivity index (χ2v) is 10.6. The number of aryl methyl sites for hydroxylation is 1. The summed E-state index contributed by atoms with van der Waals surface area (Å²) in [7, 11) is 1.31. The normalized spacial score (nSPS) is 12.8.